The third-order valence-electron chi connectivity index (χ3n) is 4.88. The fraction of sp³-hybridized carbons (Fsp3) is 0.562. The number of hydrogen-bond donors (Lipinski definition) is 2. The molecule has 4 rings (SSSR count). The van der Waals surface area contributed by atoms with Crippen LogP contribution < -0.4 is 21.5 Å². The molecular formula is C16H21N5O3. The van der Waals surface area contributed by atoms with Crippen molar-refractivity contribution in [2.24, 2.45) is 7.05 Å². The first-order valence-corrected chi connectivity index (χ1v) is 8.33. The summed E-state index contributed by atoms with van der Waals surface area (Å²) in [6, 6.07) is 1.79. The average Bonchev–Trinajstić information content (AvgIpc) is 3.11. The highest BCUT2D eigenvalue weighted by Crippen LogP contribution is 2.40. The third kappa shape index (κ3) is 2.89. The zero-order valence-corrected chi connectivity index (χ0v) is 13.6. The number of aromatic nitrogens is 3. The molecule has 2 aliphatic rings. The predicted octanol–water partition coefficient (Wildman–Crippen LogP) is 0.308. The Morgan fingerprint density at radius 2 is 2.21 bits per heavy atom. The highest BCUT2D eigenvalue weighted by atomic mass is 16.5. The Bertz CT molecular complexity index is 817. The van der Waals surface area contributed by atoms with Crippen LogP contribution in [0.25, 0.3) is 0 Å². The van der Waals surface area contributed by atoms with Crippen LogP contribution in [0.1, 0.15) is 36.4 Å². The van der Waals surface area contributed by atoms with Crippen molar-refractivity contribution < 1.29 is 4.52 Å². The van der Waals surface area contributed by atoms with Crippen LogP contribution >= 0.6 is 0 Å². The molecule has 0 unspecified atom stereocenters. The molecule has 0 aromatic carbocycles. The van der Waals surface area contributed by atoms with Crippen LogP contribution in [0, 0.1) is 0 Å². The van der Waals surface area contributed by atoms with Crippen LogP contribution in [-0.4, -0.2) is 33.8 Å². The molecule has 2 N–H and O–H groups in total. The van der Waals surface area contributed by atoms with Crippen molar-refractivity contribution >= 4 is 5.82 Å². The van der Waals surface area contributed by atoms with Gasteiger partial charge in [-0.1, -0.05) is 5.16 Å². The van der Waals surface area contributed by atoms with E-state index in [0.29, 0.717) is 17.8 Å². The quantitative estimate of drug-likeness (QED) is 0.818. The molecule has 8 nitrogen and oxygen atoms in total. The minimum atomic E-state index is -0.382. The number of nitrogens with one attached hydrogen (secondary N) is 2. The van der Waals surface area contributed by atoms with E-state index in [1.807, 2.05) is 4.90 Å². The number of nitrogens with zero attached hydrogens (tertiary/aromatic N) is 3. The third-order valence-corrected chi connectivity index (χ3v) is 4.88. The molecule has 2 fully saturated rings. The van der Waals surface area contributed by atoms with E-state index in [-0.39, 0.29) is 11.2 Å². The van der Waals surface area contributed by atoms with Crippen LogP contribution in [0.15, 0.2) is 26.4 Å². The number of hydrogen-bond acceptors (Lipinski definition) is 6. The number of H-pyrrole nitrogens is 1. The van der Waals surface area contributed by atoms with E-state index in [1.54, 1.807) is 6.26 Å². The first-order valence-electron chi connectivity index (χ1n) is 8.33. The molecule has 3 heterocycles. The van der Waals surface area contributed by atoms with E-state index in [1.165, 1.54) is 26.0 Å². The minimum absolute atomic E-state index is 0.288. The summed E-state index contributed by atoms with van der Waals surface area (Å²) < 4.78 is 6.18. The van der Waals surface area contributed by atoms with E-state index < -0.39 is 0 Å². The lowest BCUT2D eigenvalue weighted by Crippen LogP contribution is -2.36. The number of anilines is 1. The standard InChI is InChI=1S/C16H21N5O3/c1-20-14(22)6-13(18-16(20)23)21-5-4-12(8-21)17-7-11-9-24-19-15(11)10-2-3-10/h6,9-10,12,17H,2-5,7-8H2,1H3,(H,18,23)/t12-/m0/s1. The molecule has 1 aliphatic heterocycles. The predicted molar refractivity (Wildman–Crippen MR) is 88.2 cm³/mol. The summed E-state index contributed by atoms with van der Waals surface area (Å²) in [6.07, 6.45) is 5.09. The van der Waals surface area contributed by atoms with Gasteiger partial charge in [0, 0.05) is 50.3 Å². The Kier molecular flexibility index (Phi) is 3.76. The van der Waals surface area contributed by atoms with Crippen molar-refractivity contribution in [3.8, 4) is 0 Å². The van der Waals surface area contributed by atoms with Crippen molar-refractivity contribution in [2.75, 3.05) is 18.0 Å². The van der Waals surface area contributed by atoms with Gasteiger partial charge in [-0.3, -0.25) is 14.3 Å². The average molecular weight is 331 g/mol. The van der Waals surface area contributed by atoms with Gasteiger partial charge in [0.2, 0.25) is 0 Å². The van der Waals surface area contributed by atoms with Gasteiger partial charge in [0.05, 0.1) is 5.69 Å². The fourth-order valence-electron chi connectivity index (χ4n) is 3.21. The van der Waals surface area contributed by atoms with Crippen LogP contribution in [0.3, 0.4) is 0 Å². The molecule has 0 spiro atoms. The molecule has 1 aliphatic carbocycles. The normalized spacial score (nSPS) is 20.7. The van der Waals surface area contributed by atoms with Crippen LogP contribution in [-0.2, 0) is 13.6 Å². The Morgan fingerprint density at radius 1 is 1.38 bits per heavy atom. The van der Waals surface area contributed by atoms with Crippen molar-refractivity contribution in [1.29, 1.82) is 0 Å². The van der Waals surface area contributed by atoms with Crippen LogP contribution in [0.4, 0.5) is 5.82 Å². The molecule has 0 bridgehead atoms. The van der Waals surface area contributed by atoms with Gasteiger partial charge in [-0.15, -0.1) is 0 Å². The lowest BCUT2D eigenvalue weighted by Gasteiger charge is -2.18. The highest BCUT2D eigenvalue weighted by Gasteiger charge is 2.30. The van der Waals surface area contributed by atoms with Crippen molar-refractivity contribution in [1.82, 2.24) is 20.0 Å². The zero-order valence-electron chi connectivity index (χ0n) is 13.6. The van der Waals surface area contributed by atoms with E-state index in [9.17, 15) is 9.59 Å². The van der Waals surface area contributed by atoms with E-state index in [4.69, 9.17) is 4.52 Å². The van der Waals surface area contributed by atoms with Gasteiger partial charge in [-0.2, -0.15) is 0 Å². The molecule has 2 aromatic rings. The Balaban J connectivity index is 1.39. The summed E-state index contributed by atoms with van der Waals surface area (Å²) >= 11 is 0. The maximum absolute atomic E-state index is 11.8. The van der Waals surface area contributed by atoms with E-state index >= 15 is 0 Å². The molecule has 8 heteroatoms. The SMILES string of the molecule is Cn1c(=O)cc(N2CC[C@H](NCc3conc3C3CC3)C2)[nH]c1=O. The molecule has 0 radical (unpaired) electrons. The Morgan fingerprint density at radius 3 is 2.96 bits per heavy atom. The second-order valence-corrected chi connectivity index (χ2v) is 6.67. The van der Waals surface area contributed by atoms with E-state index in [2.05, 4.69) is 15.5 Å². The van der Waals surface area contributed by atoms with Crippen molar-refractivity contribution in [3.63, 3.8) is 0 Å². The van der Waals surface area contributed by atoms with Gasteiger partial charge in [-0.05, 0) is 19.3 Å². The van der Waals surface area contributed by atoms with Gasteiger partial charge in [0.25, 0.3) is 5.56 Å². The molecular weight excluding hydrogens is 310 g/mol. The zero-order chi connectivity index (χ0) is 16.7. The van der Waals surface area contributed by atoms with E-state index in [0.717, 1.165) is 41.9 Å². The molecule has 2 aromatic heterocycles. The molecule has 1 saturated heterocycles. The summed E-state index contributed by atoms with van der Waals surface area (Å²) in [6.45, 7) is 2.30. The fourth-order valence-corrected chi connectivity index (χ4v) is 3.21. The lowest BCUT2D eigenvalue weighted by atomic mass is 10.1. The second-order valence-electron chi connectivity index (χ2n) is 6.67. The Hall–Kier alpha value is -2.35. The smallest absolute Gasteiger partial charge is 0.329 e. The summed E-state index contributed by atoms with van der Waals surface area (Å²) in [5, 5.41) is 7.64. The number of aromatic amines is 1. The topological polar surface area (TPSA) is 96.2 Å². The van der Waals surface area contributed by atoms with Crippen molar-refractivity contribution in [3.05, 3.63) is 44.4 Å². The highest BCUT2D eigenvalue weighted by molar-refractivity contribution is 5.38. The molecule has 0 amide bonds. The lowest BCUT2D eigenvalue weighted by molar-refractivity contribution is 0.411. The minimum Gasteiger partial charge on any atom is -0.364 e. The largest absolute Gasteiger partial charge is 0.364 e. The van der Waals surface area contributed by atoms with Gasteiger partial charge in [0.15, 0.2) is 0 Å². The van der Waals surface area contributed by atoms with Gasteiger partial charge < -0.3 is 14.7 Å². The van der Waals surface area contributed by atoms with Crippen LogP contribution in [0.2, 0.25) is 0 Å². The van der Waals surface area contributed by atoms with Gasteiger partial charge in [-0.25, -0.2) is 4.79 Å². The van der Waals surface area contributed by atoms with Crippen LogP contribution in [0.5, 0.6) is 0 Å². The summed E-state index contributed by atoms with van der Waals surface area (Å²) in [7, 11) is 1.47. The van der Waals surface area contributed by atoms with Gasteiger partial charge in [0.1, 0.15) is 12.1 Å². The molecule has 1 atom stereocenters. The molecule has 128 valence electrons. The first-order chi connectivity index (χ1) is 11.6. The Labute approximate surface area is 138 Å². The maximum atomic E-state index is 11.8. The van der Waals surface area contributed by atoms with Crippen molar-refractivity contribution in [2.45, 2.75) is 37.8 Å². The monoisotopic (exact) mass is 331 g/mol. The molecule has 24 heavy (non-hydrogen) atoms. The second kappa shape index (κ2) is 5.94. The summed E-state index contributed by atoms with van der Waals surface area (Å²) in [4.78, 5) is 28.3. The molecule has 1 saturated carbocycles. The maximum Gasteiger partial charge on any atom is 0.329 e. The summed E-state index contributed by atoms with van der Waals surface area (Å²) in [5.74, 6) is 1.17. The first kappa shape index (κ1) is 15.2. The van der Waals surface area contributed by atoms with Gasteiger partial charge >= 0.3 is 5.69 Å². The summed E-state index contributed by atoms with van der Waals surface area (Å²) in [5.41, 5.74) is 1.56. The number of rotatable bonds is 5.